The number of carbonyl (C=O) groups is 2. The smallest absolute Gasteiger partial charge is 0.339 e. The molecule has 6 heterocycles. The van der Waals surface area contributed by atoms with Gasteiger partial charge in [0.25, 0.3) is 11.5 Å². The maximum absolute atomic E-state index is 15.7. The van der Waals surface area contributed by atoms with Crippen LogP contribution in [0, 0.1) is 17.4 Å². The van der Waals surface area contributed by atoms with E-state index in [0.29, 0.717) is 74.7 Å². The SMILES string of the molecule is Cc1cc(C)n2c1C=C1C=CC(CCC(=O)N3CCN(C(=O)c4cc(Cn5c(=O)[nH]c(=O)c6ccccc65)ncc4I)CC3)=[N+]1C2(F)F. The number of aromatic amines is 1. The maximum Gasteiger partial charge on any atom is 0.565 e. The molecule has 3 aliphatic rings. The van der Waals surface area contributed by atoms with Crippen molar-refractivity contribution in [2.75, 3.05) is 26.2 Å². The molecule has 2 amide bonds. The number of hydrogen-bond donors (Lipinski definition) is 1. The standard InChI is InChI=1S/C34H30F2IN7O4/c1-20-15-21(2)43-29(20)17-24-8-7-23(44(24)34(43,35)36)9-10-30(45)40-11-13-41(14-12-40)32(47)26-16-22(38-18-27(26)37)19-42-28-6-4-3-5-25(28)31(46)39-33(42)48/h3-8,15-18H,9-14,19H2,1-2H3/p+1. The number of para-hydroxylation sites is 1. The first-order valence-corrected chi connectivity index (χ1v) is 16.6. The Labute approximate surface area is 286 Å². The largest absolute Gasteiger partial charge is 0.565 e. The van der Waals surface area contributed by atoms with Crippen molar-refractivity contribution in [3.05, 3.63) is 113 Å². The summed E-state index contributed by atoms with van der Waals surface area (Å²) in [5.74, 6) is -0.379. The fraction of sp³-hybridized carbons (Fsp3) is 0.294. The van der Waals surface area contributed by atoms with Gasteiger partial charge in [0, 0.05) is 72.7 Å². The van der Waals surface area contributed by atoms with E-state index in [0.717, 1.165) is 14.7 Å². The Hall–Kier alpha value is -4.73. The van der Waals surface area contributed by atoms with Crippen molar-refractivity contribution in [2.45, 2.75) is 39.4 Å². The highest BCUT2D eigenvalue weighted by Gasteiger charge is 2.54. The van der Waals surface area contributed by atoms with Gasteiger partial charge in [0.1, 0.15) is 0 Å². The van der Waals surface area contributed by atoms with Crippen LogP contribution in [0.5, 0.6) is 0 Å². The summed E-state index contributed by atoms with van der Waals surface area (Å²) in [4.78, 5) is 61.8. The zero-order chi connectivity index (χ0) is 33.9. The molecule has 0 atom stereocenters. The van der Waals surface area contributed by atoms with E-state index >= 15 is 8.78 Å². The third-order valence-electron chi connectivity index (χ3n) is 9.12. The molecule has 48 heavy (non-hydrogen) atoms. The minimum Gasteiger partial charge on any atom is -0.339 e. The number of aromatic nitrogens is 4. The van der Waals surface area contributed by atoms with Crippen LogP contribution in [0.4, 0.5) is 8.78 Å². The van der Waals surface area contributed by atoms with Crippen LogP contribution in [-0.4, -0.2) is 77.2 Å². The molecule has 0 spiro atoms. The number of nitrogens with zero attached hydrogens (tertiary/aromatic N) is 6. The molecule has 0 bridgehead atoms. The summed E-state index contributed by atoms with van der Waals surface area (Å²) in [7, 11) is 0. The van der Waals surface area contributed by atoms with Gasteiger partial charge in [0.05, 0.1) is 34.4 Å². The number of amides is 2. The van der Waals surface area contributed by atoms with E-state index in [9.17, 15) is 19.2 Å². The highest BCUT2D eigenvalue weighted by Crippen LogP contribution is 2.39. The number of aryl methyl sites for hydroxylation is 2. The Morgan fingerprint density at radius 3 is 2.54 bits per heavy atom. The fourth-order valence-electron chi connectivity index (χ4n) is 6.74. The first-order chi connectivity index (χ1) is 22.9. The number of halogens is 3. The number of nitrogens with one attached hydrogen (secondary N) is 1. The van der Waals surface area contributed by atoms with Gasteiger partial charge in [-0.05, 0) is 66.3 Å². The molecule has 7 rings (SSSR count). The highest BCUT2D eigenvalue weighted by molar-refractivity contribution is 14.1. The number of benzene rings is 1. The van der Waals surface area contributed by atoms with Crippen LogP contribution in [0.15, 0.2) is 70.0 Å². The van der Waals surface area contributed by atoms with Crippen molar-refractivity contribution >= 4 is 57.1 Å². The van der Waals surface area contributed by atoms with E-state index in [-0.39, 0.29) is 31.2 Å². The van der Waals surface area contributed by atoms with E-state index < -0.39 is 17.4 Å². The second-order valence-electron chi connectivity index (χ2n) is 12.1. The molecule has 1 saturated heterocycles. The lowest BCUT2D eigenvalue weighted by Gasteiger charge is -2.35. The number of fused-ring (bicyclic) bond motifs is 3. The molecular formula is C34H31F2IN7O4+. The Morgan fingerprint density at radius 1 is 1.04 bits per heavy atom. The number of rotatable bonds is 6. The first-order valence-electron chi connectivity index (χ1n) is 15.5. The fourth-order valence-corrected chi connectivity index (χ4v) is 7.27. The number of piperazine rings is 1. The second-order valence-corrected chi connectivity index (χ2v) is 13.3. The topological polar surface area (TPSA) is 116 Å². The van der Waals surface area contributed by atoms with Gasteiger partial charge in [0.15, 0.2) is 5.71 Å². The van der Waals surface area contributed by atoms with E-state index in [1.54, 1.807) is 77.5 Å². The van der Waals surface area contributed by atoms with Crippen molar-refractivity contribution in [1.29, 1.82) is 0 Å². The third-order valence-corrected chi connectivity index (χ3v) is 9.98. The van der Waals surface area contributed by atoms with Gasteiger partial charge in [-0.25, -0.2) is 9.36 Å². The Balaban J connectivity index is 1.01. The lowest BCUT2D eigenvalue weighted by atomic mass is 10.1. The average molecular weight is 767 g/mol. The lowest BCUT2D eigenvalue weighted by molar-refractivity contribution is -0.674. The molecule has 3 aliphatic heterocycles. The zero-order valence-corrected chi connectivity index (χ0v) is 28.3. The van der Waals surface area contributed by atoms with Gasteiger partial charge in [-0.3, -0.25) is 28.9 Å². The molecule has 3 aromatic heterocycles. The van der Waals surface area contributed by atoms with E-state index in [4.69, 9.17) is 0 Å². The molecule has 1 aromatic carbocycles. The zero-order valence-electron chi connectivity index (χ0n) is 26.2. The molecule has 1 fully saturated rings. The molecular weight excluding hydrogens is 735 g/mol. The Bertz CT molecular complexity index is 2240. The van der Waals surface area contributed by atoms with Gasteiger partial charge in [-0.2, -0.15) is 0 Å². The molecule has 11 nitrogen and oxygen atoms in total. The van der Waals surface area contributed by atoms with Crippen LogP contribution < -0.4 is 11.2 Å². The van der Waals surface area contributed by atoms with Gasteiger partial charge in [0.2, 0.25) is 11.6 Å². The van der Waals surface area contributed by atoms with Crippen LogP contribution in [0.25, 0.3) is 17.0 Å². The van der Waals surface area contributed by atoms with Crippen LogP contribution in [0.3, 0.4) is 0 Å². The number of carbonyl (C=O) groups excluding carboxylic acids is 2. The maximum atomic E-state index is 15.7. The molecule has 14 heteroatoms. The van der Waals surface area contributed by atoms with Crippen molar-refractivity contribution in [3.63, 3.8) is 0 Å². The number of allylic oxidation sites excluding steroid dienone is 2. The number of alkyl halides is 2. The number of H-pyrrole nitrogens is 1. The summed E-state index contributed by atoms with van der Waals surface area (Å²) in [6, 6.07) is 10.2. The molecule has 246 valence electrons. The van der Waals surface area contributed by atoms with Gasteiger partial charge in [-0.15, -0.1) is 13.4 Å². The molecule has 0 unspecified atom stereocenters. The summed E-state index contributed by atoms with van der Waals surface area (Å²) < 4.78 is 35.5. The molecule has 0 aliphatic carbocycles. The summed E-state index contributed by atoms with van der Waals surface area (Å²) >= 11 is 2.05. The Morgan fingerprint density at radius 2 is 1.77 bits per heavy atom. The number of hydrogen-bond acceptors (Lipinski definition) is 5. The van der Waals surface area contributed by atoms with Crippen molar-refractivity contribution < 1.29 is 22.9 Å². The summed E-state index contributed by atoms with van der Waals surface area (Å²) in [6.07, 6.45) is 3.57. The minimum atomic E-state index is -3.29. The Kier molecular flexibility index (Phi) is 8.00. The van der Waals surface area contributed by atoms with Crippen LogP contribution in [0.1, 0.15) is 45.8 Å². The lowest BCUT2D eigenvalue weighted by Crippen LogP contribution is -2.50. The van der Waals surface area contributed by atoms with Crippen molar-refractivity contribution in [1.82, 2.24) is 28.9 Å². The predicted molar refractivity (Wildman–Crippen MR) is 183 cm³/mol. The normalized spacial score (nSPS) is 16.7. The molecule has 4 aromatic rings. The summed E-state index contributed by atoms with van der Waals surface area (Å²) in [6.45, 7) is 4.78. The molecule has 1 N–H and O–H groups in total. The third kappa shape index (κ3) is 5.41. The monoisotopic (exact) mass is 766 g/mol. The van der Waals surface area contributed by atoms with Gasteiger partial charge >= 0.3 is 11.9 Å². The van der Waals surface area contributed by atoms with Crippen LogP contribution in [0.2, 0.25) is 0 Å². The van der Waals surface area contributed by atoms with Crippen molar-refractivity contribution in [2.24, 2.45) is 0 Å². The van der Waals surface area contributed by atoms with E-state index in [1.165, 1.54) is 4.57 Å². The van der Waals surface area contributed by atoms with Crippen LogP contribution >= 0.6 is 22.6 Å². The van der Waals surface area contributed by atoms with Crippen LogP contribution in [-0.2, 0) is 17.5 Å². The number of pyridine rings is 1. The quantitative estimate of drug-likeness (QED) is 0.182. The first kappa shape index (κ1) is 31.8. The summed E-state index contributed by atoms with van der Waals surface area (Å²) in [5.41, 5.74) is 2.82. The van der Waals surface area contributed by atoms with Crippen molar-refractivity contribution in [3.8, 4) is 0 Å². The van der Waals surface area contributed by atoms with Gasteiger partial charge in [-0.1, -0.05) is 12.1 Å². The average Bonchev–Trinajstić information content (AvgIpc) is 3.62. The van der Waals surface area contributed by atoms with E-state index in [1.807, 2.05) is 29.5 Å². The highest BCUT2D eigenvalue weighted by atomic mass is 127. The molecule has 0 radical (unpaired) electrons. The minimum absolute atomic E-state index is 0.0519. The molecule has 0 saturated carbocycles. The summed E-state index contributed by atoms with van der Waals surface area (Å²) in [5, 5.41) is 0.372. The van der Waals surface area contributed by atoms with E-state index in [2.05, 4.69) is 9.97 Å². The predicted octanol–water partition coefficient (Wildman–Crippen LogP) is 3.81. The van der Waals surface area contributed by atoms with Gasteiger partial charge < -0.3 is 9.80 Å². The second kappa shape index (κ2) is 12.1.